The van der Waals surface area contributed by atoms with Crippen LogP contribution in [0.3, 0.4) is 0 Å². The summed E-state index contributed by atoms with van der Waals surface area (Å²) < 4.78 is 0. The molecule has 1 aliphatic heterocycles. The zero-order chi connectivity index (χ0) is 26.6. The van der Waals surface area contributed by atoms with E-state index < -0.39 is 0 Å². The van der Waals surface area contributed by atoms with Crippen LogP contribution < -0.4 is 10.2 Å². The van der Waals surface area contributed by atoms with Gasteiger partial charge in [0.25, 0.3) is 5.91 Å². The van der Waals surface area contributed by atoms with Crippen LogP contribution in [0.1, 0.15) is 27.9 Å². The maximum atomic E-state index is 12.9. The van der Waals surface area contributed by atoms with Crippen molar-refractivity contribution in [2.75, 3.05) is 42.9 Å². The third kappa shape index (κ3) is 6.08. The van der Waals surface area contributed by atoms with Crippen LogP contribution >= 0.6 is 11.6 Å². The molecule has 1 fully saturated rings. The summed E-state index contributed by atoms with van der Waals surface area (Å²) in [6.07, 6.45) is 4.42. The molecule has 4 aromatic carbocycles. The average Bonchev–Trinajstić information content (AvgIpc) is 2.98. The highest BCUT2D eigenvalue weighted by atomic mass is 35.5. The van der Waals surface area contributed by atoms with Gasteiger partial charge in [-0.1, -0.05) is 71.8 Å². The Labute approximate surface area is 235 Å². The summed E-state index contributed by atoms with van der Waals surface area (Å²) in [5.41, 5.74) is 8.98. The number of fused-ring (bicyclic) bond motifs is 1. The molecule has 0 atom stereocenters. The molecule has 39 heavy (non-hydrogen) atoms. The van der Waals surface area contributed by atoms with E-state index in [1.54, 1.807) is 0 Å². The van der Waals surface area contributed by atoms with E-state index in [-0.39, 0.29) is 5.91 Å². The Morgan fingerprint density at radius 1 is 0.769 bits per heavy atom. The van der Waals surface area contributed by atoms with Gasteiger partial charge in [-0.2, -0.15) is 0 Å². The number of para-hydroxylation sites is 1. The summed E-state index contributed by atoms with van der Waals surface area (Å²) in [4.78, 5) is 18.0. The fraction of sp³-hybridized carbons (Fsp3) is 0.206. The third-order valence-corrected chi connectivity index (χ3v) is 7.97. The molecule has 0 aromatic heterocycles. The zero-order valence-corrected chi connectivity index (χ0v) is 22.7. The Bertz CT molecular complexity index is 1470. The number of aryl methyl sites for hydroxylation is 1. The molecular weight excluding hydrogens is 502 g/mol. The van der Waals surface area contributed by atoms with E-state index >= 15 is 0 Å². The highest BCUT2D eigenvalue weighted by molar-refractivity contribution is 6.30. The lowest BCUT2D eigenvalue weighted by atomic mass is 9.91. The van der Waals surface area contributed by atoms with Gasteiger partial charge >= 0.3 is 0 Å². The van der Waals surface area contributed by atoms with Gasteiger partial charge in [-0.3, -0.25) is 9.69 Å². The first-order valence-electron chi connectivity index (χ1n) is 13.6. The summed E-state index contributed by atoms with van der Waals surface area (Å²) in [7, 11) is 0. The van der Waals surface area contributed by atoms with Crippen molar-refractivity contribution in [1.82, 2.24) is 4.90 Å². The number of rotatable bonds is 6. The van der Waals surface area contributed by atoms with Crippen LogP contribution in [0.2, 0.25) is 5.02 Å². The largest absolute Gasteiger partial charge is 0.369 e. The predicted molar refractivity (Wildman–Crippen MR) is 163 cm³/mol. The SMILES string of the molecule is O=C(Nc1ccc2c(c1)CCC(CN1CCN(c3ccccc3)CC1)=C2)c1ccc(-c2ccc(Cl)cc2)cc1. The van der Waals surface area contributed by atoms with E-state index in [4.69, 9.17) is 11.6 Å². The third-order valence-electron chi connectivity index (χ3n) is 7.72. The molecule has 2 aliphatic rings. The molecule has 0 unspecified atom stereocenters. The molecule has 1 amide bonds. The summed E-state index contributed by atoms with van der Waals surface area (Å²) in [6.45, 7) is 5.35. The highest BCUT2D eigenvalue weighted by Gasteiger charge is 2.20. The number of carbonyl (C=O) groups is 1. The molecule has 4 aromatic rings. The van der Waals surface area contributed by atoms with E-state index in [2.05, 4.69) is 63.7 Å². The van der Waals surface area contributed by atoms with Crippen LogP contribution in [0.4, 0.5) is 11.4 Å². The van der Waals surface area contributed by atoms with Gasteiger partial charge < -0.3 is 10.2 Å². The number of hydrogen-bond donors (Lipinski definition) is 1. The minimum Gasteiger partial charge on any atom is -0.369 e. The van der Waals surface area contributed by atoms with Crippen molar-refractivity contribution in [3.63, 3.8) is 0 Å². The number of amides is 1. The Hall–Kier alpha value is -3.86. The van der Waals surface area contributed by atoms with Crippen LogP contribution in [0, 0.1) is 0 Å². The first-order valence-corrected chi connectivity index (χ1v) is 14.0. The molecule has 5 heteroatoms. The number of hydrogen-bond acceptors (Lipinski definition) is 3. The monoisotopic (exact) mass is 533 g/mol. The van der Waals surface area contributed by atoms with Crippen LogP contribution in [0.15, 0.2) is 103 Å². The van der Waals surface area contributed by atoms with E-state index in [9.17, 15) is 4.79 Å². The van der Waals surface area contributed by atoms with Crippen molar-refractivity contribution in [2.45, 2.75) is 12.8 Å². The minimum absolute atomic E-state index is 0.0979. The van der Waals surface area contributed by atoms with Gasteiger partial charge in [0.2, 0.25) is 0 Å². The Morgan fingerprint density at radius 3 is 2.18 bits per heavy atom. The quantitative estimate of drug-likeness (QED) is 0.280. The molecular formula is C34H32ClN3O. The molecule has 4 nitrogen and oxygen atoms in total. The van der Waals surface area contributed by atoms with Gasteiger partial charge in [0.15, 0.2) is 0 Å². The van der Waals surface area contributed by atoms with E-state index in [1.165, 1.54) is 22.4 Å². The van der Waals surface area contributed by atoms with Gasteiger partial charge in [0, 0.05) is 54.7 Å². The number of anilines is 2. The van der Waals surface area contributed by atoms with Gasteiger partial charge in [-0.25, -0.2) is 0 Å². The minimum atomic E-state index is -0.0979. The Balaban J connectivity index is 1.05. The maximum Gasteiger partial charge on any atom is 0.255 e. The lowest BCUT2D eigenvalue weighted by Crippen LogP contribution is -2.47. The van der Waals surface area contributed by atoms with Crippen molar-refractivity contribution in [3.8, 4) is 11.1 Å². The van der Waals surface area contributed by atoms with Crippen LogP contribution in [-0.2, 0) is 6.42 Å². The fourth-order valence-electron chi connectivity index (χ4n) is 5.50. The second-order valence-electron chi connectivity index (χ2n) is 10.4. The van der Waals surface area contributed by atoms with Crippen molar-refractivity contribution >= 4 is 35.0 Å². The van der Waals surface area contributed by atoms with Crippen molar-refractivity contribution < 1.29 is 4.79 Å². The second-order valence-corrected chi connectivity index (χ2v) is 10.8. The number of benzene rings is 4. The molecule has 1 aliphatic carbocycles. The summed E-state index contributed by atoms with van der Waals surface area (Å²) >= 11 is 6.00. The zero-order valence-electron chi connectivity index (χ0n) is 21.9. The summed E-state index contributed by atoms with van der Waals surface area (Å²) in [6, 6.07) is 32.4. The Kier molecular flexibility index (Phi) is 7.49. The average molecular weight is 534 g/mol. The normalized spacial score (nSPS) is 15.4. The lowest BCUT2D eigenvalue weighted by Gasteiger charge is -2.37. The smallest absolute Gasteiger partial charge is 0.255 e. The predicted octanol–water partition coefficient (Wildman–Crippen LogP) is 7.41. The van der Waals surface area contributed by atoms with Crippen LogP contribution in [0.25, 0.3) is 17.2 Å². The molecule has 0 bridgehead atoms. The molecule has 1 N–H and O–H groups in total. The highest BCUT2D eigenvalue weighted by Crippen LogP contribution is 2.28. The van der Waals surface area contributed by atoms with E-state index in [0.717, 1.165) is 62.4 Å². The van der Waals surface area contributed by atoms with Gasteiger partial charge in [-0.15, -0.1) is 0 Å². The summed E-state index contributed by atoms with van der Waals surface area (Å²) in [5, 5.41) is 3.79. The number of nitrogens with zero attached hydrogens (tertiary/aromatic N) is 2. The van der Waals surface area contributed by atoms with E-state index in [0.29, 0.717) is 10.6 Å². The van der Waals surface area contributed by atoms with Crippen molar-refractivity contribution in [3.05, 3.63) is 124 Å². The van der Waals surface area contributed by atoms with Gasteiger partial charge in [0.1, 0.15) is 0 Å². The van der Waals surface area contributed by atoms with Crippen molar-refractivity contribution in [2.24, 2.45) is 0 Å². The lowest BCUT2D eigenvalue weighted by molar-refractivity contribution is 0.102. The van der Waals surface area contributed by atoms with Crippen LogP contribution in [0.5, 0.6) is 0 Å². The van der Waals surface area contributed by atoms with Gasteiger partial charge in [-0.05, 0) is 83.6 Å². The molecule has 1 saturated heterocycles. The standard InChI is InChI=1S/C34H32ClN3O/c35-31-15-12-27(13-16-31)26-8-10-28(11-9-26)34(39)36-32-17-14-29-22-25(6-7-30(29)23-32)24-37-18-20-38(21-19-37)33-4-2-1-3-5-33/h1-5,8-17,22-23H,6-7,18-21,24H2,(H,36,39). The summed E-state index contributed by atoms with van der Waals surface area (Å²) in [5.74, 6) is -0.0979. The van der Waals surface area contributed by atoms with E-state index in [1.807, 2.05) is 54.6 Å². The van der Waals surface area contributed by atoms with Crippen molar-refractivity contribution in [1.29, 1.82) is 0 Å². The molecule has 1 heterocycles. The molecule has 196 valence electrons. The first kappa shape index (κ1) is 25.4. The maximum absolute atomic E-state index is 12.9. The number of carbonyl (C=O) groups excluding carboxylic acids is 1. The van der Waals surface area contributed by atoms with Crippen LogP contribution in [-0.4, -0.2) is 43.5 Å². The number of piperazine rings is 1. The van der Waals surface area contributed by atoms with Gasteiger partial charge in [0.05, 0.1) is 0 Å². The fourth-order valence-corrected chi connectivity index (χ4v) is 5.63. The molecule has 6 rings (SSSR count). The Morgan fingerprint density at radius 2 is 1.46 bits per heavy atom. The number of nitrogens with one attached hydrogen (secondary N) is 1. The molecule has 0 spiro atoms. The molecule has 0 radical (unpaired) electrons. The first-order chi connectivity index (χ1) is 19.1. The molecule has 0 saturated carbocycles. The number of halogens is 1. The topological polar surface area (TPSA) is 35.6 Å². The second kappa shape index (κ2) is 11.5.